The molecule has 6 heteroatoms. The standard InChI is InChI=1S/C6H9N3O3/c1-3-4-7-5(12-8-4)6(10)9(2)11/h11H,3H2,1-2H3. The molecule has 1 rings (SSSR count). The minimum Gasteiger partial charge on any atom is -0.328 e. The first-order valence-corrected chi connectivity index (χ1v) is 3.44. The van der Waals surface area contributed by atoms with Crippen LogP contribution in [0.5, 0.6) is 0 Å². The average molecular weight is 171 g/mol. The van der Waals surface area contributed by atoms with Gasteiger partial charge in [-0.2, -0.15) is 4.98 Å². The zero-order valence-corrected chi connectivity index (χ0v) is 6.81. The van der Waals surface area contributed by atoms with Gasteiger partial charge in [-0.3, -0.25) is 10.0 Å². The van der Waals surface area contributed by atoms with Gasteiger partial charge >= 0.3 is 11.8 Å². The third-order valence-corrected chi connectivity index (χ3v) is 1.26. The Labute approximate surface area is 68.7 Å². The number of carbonyl (C=O) groups is 1. The molecule has 1 heterocycles. The number of rotatable bonds is 2. The third-order valence-electron chi connectivity index (χ3n) is 1.26. The number of hydrogen-bond donors (Lipinski definition) is 1. The smallest absolute Gasteiger partial charge is 0.328 e. The van der Waals surface area contributed by atoms with Crippen molar-refractivity contribution in [1.82, 2.24) is 15.2 Å². The first-order chi connectivity index (χ1) is 5.65. The second-order valence-electron chi connectivity index (χ2n) is 2.20. The fraction of sp³-hybridized carbons (Fsp3) is 0.500. The topological polar surface area (TPSA) is 79.5 Å². The van der Waals surface area contributed by atoms with E-state index in [2.05, 4.69) is 14.7 Å². The van der Waals surface area contributed by atoms with E-state index in [1.165, 1.54) is 7.05 Å². The van der Waals surface area contributed by atoms with Crippen LogP contribution in [0.2, 0.25) is 0 Å². The van der Waals surface area contributed by atoms with Crippen molar-refractivity contribution in [2.75, 3.05) is 7.05 Å². The maximum absolute atomic E-state index is 11.0. The lowest BCUT2D eigenvalue weighted by Crippen LogP contribution is -2.22. The van der Waals surface area contributed by atoms with E-state index in [4.69, 9.17) is 5.21 Å². The van der Waals surface area contributed by atoms with Crippen LogP contribution in [0.3, 0.4) is 0 Å². The molecular formula is C6H9N3O3. The van der Waals surface area contributed by atoms with Crippen LogP contribution in [-0.4, -0.2) is 33.4 Å². The van der Waals surface area contributed by atoms with Crippen molar-refractivity contribution < 1.29 is 14.5 Å². The molecule has 66 valence electrons. The molecule has 0 unspecified atom stereocenters. The van der Waals surface area contributed by atoms with Gasteiger partial charge in [0.2, 0.25) is 0 Å². The maximum Gasteiger partial charge on any atom is 0.335 e. The summed E-state index contributed by atoms with van der Waals surface area (Å²) in [4.78, 5) is 14.7. The molecule has 0 aliphatic carbocycles. The summed E-state index contributed by atoms with van der Waals surface area (Å²) in [5.74, 6) is -0.459. The van der Waals surface area contributed by atoms with Crippen molar-refractivity contribution in [2.45, 2.75) is 13.3 Å². The predicted octanol–water partition coefficient (Wildman–Crippen LogP) is 0.0932. The van der Waals surface area contributed by atoms with Gasteiger partial charge in [0, 0.05) is 13.5 Å². The second kappa shape index (κ2) is 3.31. The summed E-state index contributed by atoms with van der Waals surface area (Å²) in [7, 11) is 1.19. The number of carbonyl (C=O) groups excluding carboxylic acids is 1. The van der Waals surface area contributed by atoms with Gasteiger partial charge in [-0.1, -0.05) is 12.1 Å². The van der Waals surface area contributed by atoms with E-state index in [0.717, 1.165) is 0 Å². The Morgan fingerprint density at radius 1 is 1.75 bits per heavy atom. The van der Waals surface area contributed by atoms with Gasteiger partial charge in [0.15, 0.2) is 5.82 Å². The summed E-state index contributed by atoms with van der Waals surface area (Å²) in [5.41, 5.74) is 0. The van der Waals surface area contributed by atoms with Crippen molar-refractivity contribution in [3.05, 3.63) is 11.7 Å². The quantitative estimate of drug-likeness (QED) is 0.504. The van der Waals surface area contributed by atoms with Crippen molar-refractivity contribution in [3.8, 4) is 0 Å². The highest BCUT2D eigenvalue weighted by Crippen LogP contribution is 1.99. The summed E-state index contributed by atoms with van der Waals surface area (Å²) < 4.78 is 4.57. The largest absolute Gasteiger partial charge is 0.335 e. The number of amides is 1. The minimum absolute atomic E-state index is 0.197. The summed E-state index contributed by atoms with van der Waals surface area (Å²) in [6.07, 6.45) is 0.589. The van der Waals surface area contributed by atoms with Crippen molar-refractivity contribution in [2.24, 2.45) is 0 Å². The molecule has 0 saturated heterocycles. The van der Waals surface area contributed by atoms with Crippen LogP contribution in [0.15, 0.2) is 4.52 Å². The summed E-state index contributed by atoms with van der Waals surface area (Å²) in [6.45, 7) is 1.84. The molecule has 0 bridgehead atoms. The Morgan fingerprint density at radius 3 is 2.83 bits per heavy atom. The summed E-state index contributed by atoms with van der Waals surface area (Å²) in [6, 6.07) is 0. The molecule has 0 aliphatic rings. The number of nitrogens with zero attached hydrogens (tertiary/aromatic N) is 3. The number of aryl methyl sites for hydroxylation is 1. The van der Waals surface area contributed by atoms with Crippen LogP contribution in [0.4, 0.5) is 0 Å². The molecular weight excluding hydrogens is 162 g/mol. The highest BCUT2D eigenvalue weighted by atomic mass is 16.5. The van der Waals surface area contributed by atoms with E-state index in [9.17, 15) is 4.79 Å². The molecule has 0 saturated carbocycles. The Balaban J connectivity index is 2.82. The molecule has 1 aromatic heterocycles. The molecule has 0 fully saturated rings. The van der Waals surface area contributed by atoms with E-state index in [-0.39, 0.29) is 5.89 Å². The Morgan fingerprint density at radius 2 is 2.42 bits per heavy atom. The van der Waals surface area contributed by atoms with Crippen molar-refractivity contribution in [1.29, 1.82) is 0 Å². The number of hydrogen-bond acceptors (Lipinski definition) is 5. The van der Waals surface area contributed by atoms with E-state index >= 15 is 0 Å². The molecule has 6 nitrogen and oxygen atoms in total. The number of hydroxylamine groups is 2. The van der Waals surface area contributed by atoms with Crippen LogP contribution in [0.1, 0.15) is 23.4 Å². The third kappa shape index (κ3) is 1.59. The minimum atomic E-state index is -0.706. The van der Waals surface area contributed by atoms with Gasteiger partial charge in [-0.15, -0.1) is 0 Å². The van der Waals surface area contributed by atoms with Crippen LogP contribution >= 0.6 is 0 Å². The molecule has 0 aliphatic heterocycles. The van der Waals surface area contributed by atoms with Crippen LogP contribution < -0.4 is 0 Å². The number of aromatic nitrogens is 2. The lowest BCUT2D eigenvalue weighted by atomic mass is 10.5. The predicted molar refractivity (Wildman–Crippen MR) is 37.6 cm³/mol. The molecule has 12 heavy (non-hydrogen) atoms. The van der Waals surface area contributed by atoms with Gasteiger partial charge in [0.25, 0.3) is 0 Å². The summed E-state index contributed by atoms with van der Waals surface area (Å²) >= 11 is 0. The first kappa shape index (κ1) is 8.66. The van der Waals surface area contributed by atoms with E-state index in [0.29, 0.717) is 17.3 Å². The second-order valence-corrected chi connectivity index (χ2v) is 2.20. The fourth-order valence-corrected chi connectivity index (χ4v) is 0.623. The molecule has 0 atom stereocenters. The maximum atomic E-state index is 11.0. The highest BCUT2D eigenvalue weighted by Gasteiger charge is 2.17. The zero-order valence-electron chi connectivity index (χ0n) is 6.81. The van der Waals surface area contributed by atoms with E-state index < -0.39 is 5.91 Å². The van der Waals surface area contributed by atoms with Gasteiger partial charge in [-0.25, -0.2) is 5.06 Å². The van der Waals surface area contributed by atoms with Crippen LogP contribution in [0.25, 0.3) is 0 Å². The molecule has 1 aromatic rings. The van der Waals surface area contributed by atoms with E-state index in [1.54, 1.807) is 0 Å². The average Bonchev–Trinajstić information content (AvgIpc) is 2.50. The van der Waals surface area contributed by atoms with Crippen molar-refractivity contribution in [3.63, 3.8) is 0 Å². The van der Waals surface area contributed by atoms with Crippen molar-refractivity contribution >= 4 is 5.91 Å². The first-order valence-electron chi connectivity index (χ1n) is 3.44. The SMILES string of the molecule is CCc1noc(C(=O)N(C)O)n1. The molecule has 0 aromatic carbocycles. The lowest BCUT2D eigenvalue weighted by Gasteiger charge is -2.01. The Kier molecular flexibility index (Phi) is 2.39. The molecule has 0 radical (unpaired) electrons. The molecule has 0 spiro atoms. The van der Waals surface area contributed by atoms with Crippen LogP contribution in [0, 0.1) is 0 Å². The van der Waals surface area contributed by atoms with Crippen LogP contribution in [-0.2, 0) is 6.42 Å². The highest BCUT2D eigenvalue weighted by molar-refractivity contribution is 5.88. The fourth-order valence-electron chi connectivity index (χ4n) is 0.623. The Hall–Kier alpha value is -1.43. The lowest BCUT2D eigenvalue weighted by molar-refractivity contribution is -0.0407. The van der Waals surface area contributed by atoms with Gasteiger partial charge in [-0.05, 0) is 0 Å². The Bertz CT molecular complexity index is 281. The zero-order chi connectivity index (χ0) is 9.14. The monoisotopic (exact) mass is 171 g/mol. The normalized spacial score (nSPS) is 9.92. The molecule has 1 N–H and O–H groups in total. The van der Waals surface area contributed by atoms with E-state index in [1.807, 2.05) is 6.92 Å². The van der Waals surface area contributed by atoms with Gasteiger partial charge in [0.1, 0.15) is 0 Å². The van der Waals surface area contributed by atoms with Gasteiger partial charge < -0.3 is 4.52 Å². The summed E-state index contributed by atoms with van der Waals surface area (Å²) in [5, 5.41) is 12.6. The molecule has 1 amide bonds. The van der Waals surface area contributed by atoms with Gasteiger partial charge in [0.05, 0.1) is 0 Å².